The molecule has 1 aromatic rings. The van der Waals surface area contributed by atoms with Gasteiger partial charge in [0.25, 0.3) is 0 Å². The van der Waals surface area contributed by atoms with E-state index in [4.69, 9.17) is 5.11 Å². The number of benzene rings is 1. The number of carbonyl (C=O) groups excluding carboxylic acids is 1. The zero-order valence-corrected chi connectivity index (χ0v) is 9.45. The van der Waals surface area contributed by atoms with Crippen LogP contribution in [0.15, 0.2) is 40.9 Å². The van der Waals surface area contributed by atoms with Gasteiger partial charge < -0.3 is 5.11 Å². The molecule has 0 radical (unpaired) electrons. The van der Waals surface area contributed by atoms with Crippen LogP contribution < -0.4 is 0 Å². The van der Waals surface area contributed by atoms with Crippen LogP contribution >= 0.6 is 15.9 Å². The second kappa shape index (κ2) is 4.89. The van der Waals surface area contributed by atoms with Crippen LogP contribution in [-0.2, 0) is 4.79 Å². The van der Waals surface area contributed by atoms with Crippen LogP contribution in [0.2, 0.25) is 0 Å². The molecule has 0 aliphatic rings. The minimum Gasteiger partial charge on any atom is -0.481 e. The molecule has 0 unspecified atom stereocenters. The van der Waals surface area contributed by atoms with Crippen LogP contribution in [0.25, 0.3) is 0 Å². The number of carboxylic acids is 1. The molecule has 3 nitrogen and oxygen atoms in total. The lowest BCUT2D eigenvalue weighted by molar-refractivity contribution is -0.136. The van der Waals surface area contributed by atoms with Crippen LogP contribution in [0.3, 0.4) is 0 Å². The van der Waals surface area contributed by atoms with Gasteiger partial charge in [-0.2, -0.15) is 0 Å². The number of hydrogen-bond donors (Lipinski definition) is 1. The molecule has 15 heavy (non-hydrogen) atoms. The van der Waals surface area contributed by atoms with Crippen molar-refractivity contribution < 1.29 is 14.7 Å². The molecule has 0 spiro atoms. The Morgan fingerprint density at radius 3 is 2.27 bits per heavy atom. The molecule has 1 N–H and O–H groups in total. The number of carbonyl (C=O) groups is 2. The van der Waals surface area contributed by atoms with E-state index >= 15 is 0 Å². The average Bonchev–Trinajstić information content (AvgIpc) is 2.17. The van der Waals surface area contributed by atoms with E-state index in [0.29, 0.717) is 5.56 Å². The molecule has 4 heteroatoms. The van der Waals surface area contributed by atoms with Gasteiger partial charge in [-0.15, -0.1) is 0 Å². The summed E-state index contributed by atoms with van der Waals surface area (Å²) in [6.07, 6.45) is -0.325. The lowest BCUT2D eigenvalue weighted by atomic mass is 10.0. The van der Waals surface area contributed by atoms with E-state index in [1.54, 1.807) is 24.3 Å². The number of Topliss-reactive ketones (excluding diaryl/α,β-unsaturated/α-hetero) is 1. The fourth-order valence-corrected chi connectivity index (χ4v) is 1.33. The minimum absolute atomic E-state index is 0.0878. The predicted octanol–water partition coefficient (Wildman–Crippen LogP) is 2.66. The number of aliphatic carboxylic acids is 1. The molecule has 0 aliphatic carbocycles. The predicted molar refractivity (Wildman–Crippen MR) is 59.9 cm³/mol. The van der Waals surface area contributed by atoms with E-state index < -0.39 is 5.97 Å². The highest BCUT2D eigenvalue weighted by atomic mass is 79.9. The third-order valence-corrected chi connectivity index (χ3v) is 2.32. The van der Waals surface area contributed by atoms with Crippen molar-refractivity contribution in [3.63, 3.8) is 0 Å². The number of halogens is 1. The minimum atomic E-state index is -1.05. The molecule has 1 aromatic carbocycles. The second-order valence-electron chi connectivity index (χ2n) is 3.01. The van der Waals surface area contributed by atoms with Gasteiger partial charge >= 0.3 is 5.97 Å². The van der Waals surface area contributed by atoms with Crippen molar-refractivity contribution in [2.75, 3.05) is 0 Å². The Kier molecular flexibility index (Phi) is 3.80. The number of ketones is 1. The van der Waals surface area contributed by atoms with E-state index in [1.165, 1.54) is 0 Å². The molecule has 0 atom stereocenters. The Morgan fingerprint density at radius 1 is 1.27 bits per heavy atom. The van der Waals surface area contributed by atoms with E-state index in [2.05, 4.69) is 22.5 Å². The summed E-state index contributed by atoms with van der Waals surface area (Å²) in [6, 6.07) is 6.70. The molecule has 78 valence electrons. The normalized spacial score (nSPS) is 9.67. The lowest BCUT2D eigenvalue weighted by Crippen LogP contribution is -2.07. The van der Waals surface area contributed by atoms with E-state index in [0.717, 1.165) is 4.47 Å². The van der Waals surface area contributed by atoms with E-state index in [1.807, 2.05) is 0 Å². The smallest absolute Gasteiger partial charge is 0.307 e. The summed E-state index contributed by atoms with van der Waals surface area (Å²) in [5.41, 5.74) is 0.536. The SMILES string of the molecule is C=C(CC(=O)O)C(=O)c1ccc(Br)cc1. The zero-order valence-electron chi connectivity index (χ0n) is 7.87. The maximum Gasteiger partial charge on any atom is 0.307 e. The van der Waals surface area contributed by atoms with Crippen molar-refractivity contribution in [3.05, 3.63) is 46.5 Å². The molecular weight excluding hydrogens is 260 g/mol. The van der Waals surface area contributed by atoms with Gasteiger partial charge in [-0.3, -0.25) is 9.59 Å². The summed E-state index contributed by atoms with van der Waals surface area (Å²) >= 11 is 3.24. The first kappa shape index (κ1) is 11.7. The molecule has 0 heterocycles. The summed E-state index contributed by atoms with van der Waals surface area (Å²) < 4.78 is 0.864. The van der Waals surface area contributed by atoms with Gasteiger partial charge in [0.2, 0.25) is 0 Å². The third kappa shape index (κ3) is 3.32. The van der Waals surface area contributed by atoms with Crippen LogP contribution in [0.4, 0.5) is 0 Å². The van der Waals surface area contributed by atoms with Gasteiger partial charge in [-0.05, 0) is 24.3 Å². The van der Waals surface area contributed by atoms with Gasteiger partial charge in [0.15, 0.2) is 5.78 Å². The molecule has 0 amide bonds. The van der Waals surface area contributed by atoms with Crippen LogP contribution in [0.1, 0.15) is 16.8 Å². The van der Waals surface area contributed by atoms with Gasteiger partial charge in [-0.25, -0.2) is 0 Å². The summed E-state index contributed by atoms with van der Waals surface area (Å²) in [4.78, 5) is 22.0. The lowest BCUT2D eigenvalue weighted by Gasteiger charge is -2.02. The molecule has 0 saturated carbocycles. The molecule has 0 saturated heterocycles. The standard InChI is InChI=1S/C11H9BrO3/c1-7(6-10(13)14)11(15)8-2-4-9(12)5-3-8/h2-5H,1,6H2,(H,13,14). The fraction of sp³-hybridized carbons (Fsp3) is 0.0909. The largest absolute Gasteiger partial charge is 0.481 e. The maximum atomic E-state index is 11.6. The first-order valence-corrected chi connectivity index (χ1v) is 5.00. The second-order valence-corrected chi connectivity index (χ2v) is 3.93. The first-order valence-electron chi connectivity index (χ1n) is 4.20. The van der Waals surface area contributed by atoms with Crippen molar-refractivity contribution in [2.24, 2.45) is 0 Å². The molecule has 1 rings (SSSR count). The summed E-state index contributed by atoms with van der Waals surface area (Å²) in [6.45, 7) is 3.45. The highest BCUT2D eigenvalue weighted by Crippen LogP contribution is 2.14. The number of hydrogen-bond acceptors (Lipinski definition) is 2. The van der Waals surface area contributed by atoms with Crippen LogP contribution in [0, 0.1) is 0 Å². The van der Waals surface area contributed by atoms with E-state index in [-0.39, 0.29) is 17.8 Å². The maximum absolute atomic E-state index is 11.6. The monoisotopic (exact) mass is 268 g/mol. The Bertz CT molecular complexity index is 406. The summed E-state index contributed by atoms with van der Waals surface area (Å²) in [5, 5.41) is 8.50. The Morgan fingerprint density at radius 2 is 1.80 bits per heavy atom. The number of carboxylic acid groups (broad SMARTS) is 1. The molecule has 0 aliphatic heterocycles. The topological polar surface area (TPSA) is 54.4 Å². The molecule has 0 bridgehead atoms. The summed E-state index contributed by atoms with van der Waals surface area (Å²) in [7, 11) is 0. The number of rotatable bonds is 4. The van der Waals surface area contributed by atoms with E-state index in [9.17, 15) is 9.59 Å². The van der Waals surface area contributed by atoms with Crippen LogP contribution in [0.5, 0.6) is 0 Å². The highest BCUT2D eigenvalue weighted by Gasteiger charge is 2.12. The molecule has 0 aromatic heterocycles. The van der Waals surface area contributed by atoms with Gasteiger partial charge in [0, 0.05) is 15.6 Å². The molecular formula is C11H9BrO3. The Labute approximate surface area is 95.6 Å². The van der Waals surface area contributed by atoms with Crippen molar-refractivity contribution in [1.82, 2.24) is 0 Å². The van der Waals surface area contributed by atoms with Crippen molar-refractivity contribution in [2.45, 2.75) is 6.42 Å². The van der Waals surface area contributed by atoms with Crippen molar-refractivity contribution in [3.8, 4) is 0 Å². The van der Waals surface area contributed by atoms with Crippen LogP contribution in [-0.4, -0.2) is 16.9 Å². The van der Waals surface area contributed by atoms with Gasteiger partial charge in [0.1, 0.15) is 0 Å². The molecule has 0 fully saturated rings. The van der Waals surface area contributed by atoms with Crippen molar-refractivity contribution >= 4 is 27.7 Å². The summed E-state index contributed by atoms with van der Waals surface area (Å²) in [5.74, 6) is -1.38. The Hall–Kier alpha value is -1.42. The van der Waals surface area contributed by atoms with Gasteiger partial charge in [-0.1, -0.05) is 22.5 Å². The quantitative estimate of drug-likeness (QED) is 0.675. The fourth-order valence-electron chi connectivity index (χ4n) is 1.07. The highest BCUT2D eigenvalue weighted by molar-refractivity contribution is 9.10. The third-order valence-electron chi connectivity index (χ3n) is 1.79. The zero-order chi connectivity index (χ0) is 11.4. The van der Waals surface area contributed by atoms with Crippen molar-refractivity contribution in [1.29, 1.82) is 0 Å². The van der Waals surface area contributed by atoms with Gasteiger partial charge in [0.05, 0.1) is 6.42 Å². The Balaban J connectivity index is 2.81. The average molecular weight is 269 g/mol. The first-order chi connectivity index (χ1) is 7.00.